The van der Waals surface area contributed by atoms with Crippen LogP contribution < -0.4 is 5.32 Å². The van der Waals surface area contributed by atoms with Crippen molar-refractivity contribution in [2.45, 2.75) is 19.5 Å². The molecule has 2 aromatic heterocycles. The van der Waals surface area contributed by atoms with Gasteiger partial charge in [0.15, 0.2) is 0 Å². The van der Waals surface area contributed by atoms with Gasteiger partial charge in [0.25, 0.3) is 0 Å². The summed E-state index contributed by atoms with van der Waals surface area (Å²) in [6.45, 7) is 2.76. The molecule has 2 aromatic rings. The van der Waals surface area contributed by atoms with E-state index in [9.17, 15) is 0 Å². The van der Waals surface area contributed by atoms with Gasteiger partial charge in [0.2, 0.25) is 0 Å². The van der Waals surface area contributed by atoms with Crippen LogP contribution in [0.1, 0.15) is 23.7 Å². The zero-order chi connectivity index (χ0) is 10.7. The second-order valence-electron chi connectivity index (χ2n) is 3.18. The molecule has 0 aliphatic heterocycles. The van der Waals surface area contributed by atoms with Crippen molar-refractivity contribution in [2.24, 2.45) is 0 Å². The van der Waals surface area contributed by atoms with Crippen molar-refractivity contribution in [3.05, 3.63) is 39.7 Å². The molecule has 0 radical (unpaired) electrons. The summed E-state index contributed by atoms with van der Waals surface area (Å²) < 4.78 is 6.00. The molecule has 0 amide bonds. The first kappa shape index (κ1) is 10.7. The summed E-state index contributed by atoms with van der Waals surface area (Å²) in [5.74, 6) is 0.928. The molecule has 0 saturated heterocycles. The van der Waals surface area contributed by atoms with E-state index in [0.29, 0.717) is 6.54 Å². The Hall–Kier alpha value is -0.840. The monoisotopic (exact) mass is 242 g/mol. The van der Waals surface area contributed by atoms with Crippen molar-refractivity contribution in [3.63, 3.8) is 0 Å². The average Bonchev–Trinajstić information content (AvgIpc) is 2.84. The summed E-state index contributed by atoms with van der Waals surface area (Å²) in [5.41, 5.74) is 0. The lowest BCUT2D eigenvalue weighted by Crippen LogP contribution is -2.17. The first-order chi connectivity index (χ1) is 7.25. The summed E-state index contributed by atoms with van der Waals surface area (Å²) >= 11 is 7.27. The van der Waals surface area contributed by atoms with Crippen LogP contribution in [-0.4, -0.2) is 4.98 Å². The number of hydrogen-bond acceptors (Lipinski definition) is 4. The maximum absolute atomic E-state index is 5.78. The Bertz CT molecular complexity index is 413. The van der Waals surface area contributed by atoms with E-state index in [0.717, 1.165) is 15.1 Å². The van der Waals surface area contributed by atoms with Crippen LogP contribution in [0.15, 0.2) is 29.0 Å². The minimum atomic E-state index is 0.183. The summed E-state index contributed by atoms with van der Waals surface area (Å²) in [6, 6.07) is 4.02. The fourth-order valence-corrected chi connectivity index (χ4v) is 2.16. The highest BCUT2D eigenvalue weighted by atomic mass is 35.5. The van der Waals surface area contributed by atoms with Crippen LogP contribution in [0.2, 0.25) is 4.34 Å². The fourth-order valence-electron chi connectivity index (χ4n) is 1.25. The van der Waals surface area contributed by atoms with Crippen molar-refractivity contribution in [1.82, 2.24) is 10.3 Å². The molecule has 0 fully saturated rings. The third kappa shape index (κ3) is 2.81. The lowest BCUT2D eigenvalue weighted by atomic mass is 10.2. The lowest BCUT2D eigenvalue weighted by Gasteiger charge is -2.09. The zero-order valence-corrected chi connectivity index (χ0v) is 9.81. The highest BCUT2D eigenvalue weighted by Gasteiger charge is 2.08. The number of rotatable bonds is 4. The normalized spacial score (nSPS) is 12.9. The van der Waals surface area contributed by atoms with Crippen LogP contribution in [0, 0.1) is 0 Å². The number of aromatic nitrogens is 1. The fraction of sp³-hybridized carbons (Fsp3) is 0.300. The minimum absolute atomic E-state index is 0.183. The molecule has 0 aliphatic carbocycles. The maximum Gasteiger partial charge on any atom is 0.120 e. The third-order valence-corrected chi connectivity index (χ3v) is 3.17. The van der Waals surface area contributed by atoms with Gasteiger partial charge in [0.05, 0.1) is 18.5 Å². The predicted molar refractivity (Wildman–Crippen MR) is 61.1 cm³/mol. The van der Waals surface area contributed by atoms with Gasteiger partial charge in [0, 0.05) is 6.54 Å². The van der Waals surface area contributed by atoms with Crippen LogP contribution >= 0.6 is 22.9 Å². The molecule has 1 N–H and O–H groups in total. The Morgan fingerprint density at radius 3 is 3.13 bits per heavy atom. The topological polar surface area (TPSA) is 38.1 Å². The van der Waals surface area contributed by atoms with Gasteiger partial charge in [-0.1, -0.05) is 11.6 Å². The van der Waals surface area contributed by atoms with Crippen molar-refractivity contribution >= 4 is 22.9 Å². The van der Waals surface area contributed by atoms with Crippen LogP contribution in [0.4, 0.5) is 0 Å². The quantitative estimate of drug-likeness (QED) is 0.895. The van der Waals surface area contributed by atoms with Gasteiger partial charge in [-0.25, -0.2) is 4.98 Å². The maximum atomic E-state index is 5.78. The largest absolute Gasteiger partial charge is 0.468 e. The van der Waals surface area contributed by atoms with Crippen LogP contribution in [0.3, 0.4) is 0 Å². The van der Waals surface area contributed by atoms with E-state index in [1.54, 1.807) is 12.5 Å². The number of nitrogens with one attached hydrogen (secondary N) is 1. The summed E-state index contributed by atoms with van der Waals surface area (Å²) in [7, 11) is 0. The highest BCUT2D eigenvalue weighted by Crippen LogP contribution is 2.19. The smallest absolute Gasteiger partial charge is 0.120 e. The SMILES string of the molecule is C[C@@H](NCc1ncc(Cl)s1)c1ccco1. The Morgan fingerprint density at radius 2 is 2.53 bits per heavy atom. The highest BCUT2D eigenvalue weighted by molar-refractivity contribution is 7.15. The number of halogens is 1. The van der Waals surface area contributed by atoms with E-state index in [1.165, 1.54) is 11.3 Å². The average molecular weight is 243 g/mol. The lowest BCUT2D eigenvalue weighted by molar-refractivity contribution is 0.430. The molecule has 0 aliphatic rings. The molecule has 5 heteroatoms. The van der Waals surface area contributed by atoms with Gasteiger partial charge in [-0.05, 0) is 19.1 Å². The first-order valence-corrected chi connectivity index (χ1v) is 5.82. The van der Waals surface area contributed by atoms with Gasteiger partial charge in [-0.2, -0.15) is 0 Å². The molecule has 2 rings (SSSR count). The summed E-state index contributed by atoms with van der Waals surface area (Å²) in [6.07, 6.45) is 3.34. The van der Waals surface area contributed by atoms with Crippen molar-refractivity contribution in [3.8, 4) is 0 Å². The van der Waals surface area contributed by atoms with E-state index in [1.807, 2.05) is 19.1 Å². The molecular formula is C10H11ClN2OS. The zero-order valence-electron chi connectivity index (χ0n) is 8.24. The van der Waals surface area contributed by atoms with Crippen LogP contribution in [0.5, 0.6) is 0 Å². The molecule has 0 aromatic carbocycles. The minimum Gasteiger partial charge on any atom is -0.468 e. The Kier molecular flexibility index (Phi) is 3.41. The van der Waals surface area contributed by atoms with Gasteiger partial charge in [-0.15, -0.1) is 11.3 Å². The number of thiazole rings is 1. The molecule has 1 atom stereocenters. The summed E-state index contributed by atoms with van der Waals surface area (Å²) in [4.78, 5) is 4.16. The molecule has 0 spiro atoms. The molecule has 0 unspecified atom stereocenters. The van der Waals surface area contributed by atoms with Crippen molar-refractivity contribution in [2.75, 3.05) is 0 Å². The third-order valence-electron chi connectivity index (χ3n) is 2.05. The van der Waals surface area contributed by atoms with Gasteiger partial charge < -0.3 is 9.73 Å². The van der Waals surface area contributed by atoms with Crippen LogP contribution in [-0.2, 0) is 6.54 Å². The second kappa shape index (κ2) is 4.79. The molecule has 15 heavy (non-hydrogen) atoms. The Balaban J connectivity index is 1.88. The van der Waals surface area contributed by atoms with Crippen molar-refractivity contribution in [1.29, 1.82) is 0 Å². The van der Waals surface area contributed by atoms with E-state index >= 15 is 0 Å². The summed E-state index contributed by atoms with van der Waals surface area (Å²) in [5, 5.41) is 4.29. The molecule has 0 bridgehead atoms. The number of nitrogens with zero attached hydrogens (tertiary/aromatic N) is 1. The van der Waals surface area contributed by atoms with Gasteiger partial charge in [-0.3, -0.25) is 0 Å². The predicted octanol–water partition coefficient (Wildman–Crippen LogP) is 3.24. The number of furan rings is 1. The first-order valence-electron chi connectivity index (χ1n) is 4.62. The van der Waals surface area contributed by atoms with E-state index < -0.39 is 0 Å². The second-order valence-corrected chi connectivity index (χ2v) is 4.92. The Labute approximate surface area is 97.1 Å². The number of hydrogen-bond donors (Lipinski definition) is 1. The molecule has 0 saturated carbocycles. The van der Waals surface area contributed by atoms with Crippen LogP contribution in [0.25, 0.3) is 0 Å². The molecular weight excluding hydrogens is 232 g/mol. The molecule has 3 nitrogen and oxygen atoms in total. The van der Waals surface area contributed by atoms with E-state index in [2.05, 4.69) is 10.3 Å². The van der Waals surface area contributed by atoms with Gasteiger partial charge in [0.1, 0.15) is 15.1 Å². The van der Waals surface area contributed by atoms with E-state index in [4.69, 9.17) is 16.0 Å². The molecule has 2 heterocycles. The van der Waals surface area contributed by atoms with E-state index in [-0.39, 0.29) is 6.04 Å². The molecule has 80 valence electrons. The Morgan fingerprint density at radius 1 is 1.67 bits per heavy atom. The van der Waals surface area contributed by atoms with Gasteiger partial charge >= 0.3 is 0 Å². The standard InChI is InChI=1S/C10H11ClN2OS/c1-7(8-3-2-4-14-8)12-6-10-13-5-9(11)15-10/h2-5,7,12H,6H2,1H3/t7-/m1/s1. The van der Waals surface area contributed by atoms with Crippen molar-refractivity contribution < 1.29 is 4.42 Å².